The summed E-state index contributed by atoms with van der Waals surface area (Å²) in [6.45, 7) is 0.740. The smallest absolute Gasteiger partial charge is 0.341 e. The van der Waals surface area contributed by atoms with Gasteiger partial charge in [0.25, 0.3) is 5.56 Å². The van der Waals surface area contributed by atoms with Gasteiger partial charge < -0.3 is 10.2 Å². The number of aromatic hydroxyl groups is 1. The Kier molecular flexibility index (Phi) is 4.21. The van der Waals surface area contributed by atoms with Crippen molar-refractivity contribution in [3.05, 3.63) is 75.4 Å². The number of thiophene rings is 1. The van der Waals surface area contributed by atoms with Gasteiger partial charge in [0, 0.05) is 24.2 Å². The molecule has 27 heavy (non-hydrogen) atoms. The van der Waals surface area contributed by atoms with Crippen LogP contribution in [-0.4, -0.2) is 35.5 Å². The second kappa shape index (κ2) is 6.69. The summed E-state index contributed by atoms with van der Waals surface area (Å²) in [5, 5.41) is 25.4. The molecule has 0 radical (unpaired) electrons. The third-order valence-electron chi connectivity index (χ3n) is 4.18. The third kappa shape index (κ3) is 3.08. The molecule has 0 aliphatic carbocycles. The molecule has 136 valence electrons. The number of carboxylic acids is 1. The van der Waals surface area contributed by atoms with Crippen molar-refractivity contribution in [1.29, 1.82) is 0 Å². The number of hydrogen-bond acceptors (Lipinski definition) is 6. The van der Waals surface area contributed by atoms with E-state index in [0.717, 1.165) is 11.1 Å². The monoisotopic (exact) mass is 382 g/mol. The largest absolute Gasteiger partial charge is 0.502 e. The molecule has 4 aromatic rings. The second-order valence-electron chi connectivity index (χ2n) is 5.96. The van der Waals surface area contributed by atoms with Gasteiger partial charge in [0.1, 0.15) is 5.56 Å². The highest BCUT2D eigenvalue weighted by Gasteiger charge is 2.22. The van der Waals surface area contributed by atoms with Gasteiger partial charge in [-0.05, 0) is 29.1 Å². The van der Waals surface area contributed by atoms with Crippen LogP contribution in [0.4, 0.5) is 0 Å². The second-order valence-corrected chi connectivity index (χ2v) is 6.87. The molecule has 0 atom stereocenters. The average molecular weight is 382 g/mol. The van der Waals surface area contributed by atoms with E-state index in [-0.39, 0.29) is 12.1 Å². The SMILES string of the molecule is O=C(O)c1c(O)c(=O)n(Cc2cnn(Cc3ccncc3)c2)c2ccsc12. The van der Waals surface area contributed by atoms with Crippen LogP contribution >= 0.6 is 11.3 Å². The zero-order valence-corrected chi connectivity index (χ0v) is 14.8. The molecule has 0 unspecified atom stereocenters. The summed E-state index contributed by atoms with van der Waals surface area (Å²) in [6.07, 6.45) is 6.87. The molecular weight excluding hydrogens is 368 g/mol. The van der Waals surface area contributed by atoms with Crippen molar-refractivity contribution in [3.8, 4) is 5.75 Å². The topological polar surface area (TPSA) is 110 Å². The minimum absolute atomic E-state index is 0.176. The Balaban J connectivity index is 1.70. The van der Waals surface area contributed by atoms with Gasteiger partial charge in [0.2, 0.25) is 0 Å². The molecule has 0 spiro atoms. The molecule has 0 amide bonds. The van der Waals surface area contributed by atoms with Crippen LogP contribution in [0.25, 0.3) is 10.2 Å². The van der Waals surface area contributed by atoms with E-state index in [9.17, 15) is 19.8 Å². The number of hydrogen-bond donors (Lipinski definition) is 2. The van der Waals surface area contributed by atoms with Gasteiger partial charge in [-0.3, -0.25) is 19.0 Å². The molecular formula is C18H14N4O4S. The predicted octanol–water partition coefficient (Wildman–Crippen LogP) is 2.15. The zero-order chi connectivity index (χ0) is 19.0. The van der Waals surface area contributed by atoms with Crippen molar-refractivity contribution in [1.82, 2.24) is 19.3 Å². The summed E-state index contributed by atoms with van der Waals surface area (Å²) < 4.78 is 3.47. The Bertz CT molecular complexity index is 1190. The summed E-state index contributed by atoms with van der Waals surface area (Å²) in [5.41, 5.74) is 1.19. The highest BCUT2D eigenvalue weighted by molar-refractivity contribution is 7.17. The van der Waals surface area contributed by atoms with E-state index in [2.05, 4.69) is 10.1 Å². The first-order valence-electron chi connectivity index (χ1n) is 8.01. The first-order valence-corrected chi connectivity index (χ1v) is 8.89. The minimum Gasteiger partial charge on any atom is -0.502 e. The Hall–Kier alpha value is -3.46. The first kappa shape index (κ1) is 17.0. The van der Waals surface area contributed by atoms with Crippen molar-refractivity contribution < 1.29 is 15.0 Å². The van der Waals surface area contributed by atoms with Crippen molar-refractivity contribution in [2.45, 2.75) is 13.1 Å². The van der Waals surface area contributed by atoms with Crippen LogP contribution in [-0.2, 0) is 13.1 Å². The summed E-state index contributed by atoms with van der Waals surface area (Å²) in [4.78, 5) is 27.9. The molecule has 0 saturated carbocycles. The summed E-state index contributed by atoms with van der Waals surface area (Å²) in [5.74, 6) is -2.07. The molecule has 0 saturated heterocycles. The van der Waals surface area contributed by atoms with Crippen LogP contribution in [0, 0.1) is 0 Å². The fourth-order valence-electron chi connectivity index (χ4n) is 2.94. The van der Waals surface area contributed by atoms with Gasteiger partial charge in [-0.15, -0.1) is 11.3 Å². The normalized spacial score (nSPS) is 11.1. The van der Waals surface area contributed by atoms with Gasteiger partial charge in [-0.2, -0.15) is 5.10 Å². The Morgan fingerprint density at radius 2 is 1.93 bits per heavy atom. The predicted molar refractivity (Wildman–Crippen MR) is 99.4 cm³/mol. The van der Waals surface area contributed by atoms with E-state index < -0.39 is 17.3 Å². The molecule has 4 aromatic heterocycles. The number of fused-ring (bicyclic) bond motifs is 1. The lowest BCUT2D eigenvalue weighted by atomic mass is 10.2. The Morgan fingerprint density at radius 3 is 2.67 bits per heavy atom. The molecule has 8 nitrogen and oxygen atoms in total. The van der Waals surface area contributed by atoms with Gasteiger partial charge >= 0.3 is 5.97 Å². The minimum atomic E-state index is -1.32. The van der Waals surface area contributed by atoms with Gasteiger partial charge in [0.05, 0.1) is 29.5 Å². The molecule has 0 aliphatic rings. The molecule has 0 aliphatic heterocycles. The standard InChI is InChI=1S/C18H14N4O4S/c23-15-14(18(25)26)16-13(3-6-27-16)22(17(15)24)10-12-7-20-21(9-12)8-11-1-4-19-5-2-11/h1-7,9,23H,8,10H2,(H,25,26). The van der Waals surface area contributed by atoms with E-state index in [1.165, 1.54) is 15.9 Å². The maximum Gasteiger partial charge on any atom is 0.341 e. The van der Waals surface area contributed by atoms with Crippen LogP contribution in [0.1, 0.15) is 21.5 Å². The van der Waals surface area contributed by atoms with Crippen LogP contribution < -0.4 is 5.56 Å². The van der Waals surface area contributed by atoms with Gasteiger partial charge in [-0.25, -0.2) is 4.79 Å². The Labute approximate surface area is 156 Å². The molecule has 0 bridgehead atoms. The summed E-state index contributed by atoms with van der Waals surface area (Å²) in [7, 11) is 0. The fraction of sp³-hybridized carbons (Fsp3) is 0.111. The van der Waals surface area contributed by atoms with Crippen LogP contribution in [0.15, 0.2) is 53.2 Å². The maximum absolute atomic E-state index is 12.5. The number of carboxylic acid groups (broad SMARTS) is 1. The van der Waals surface area contributed by atoms with Crippen LogP contribution in [0.2, 0.25) is 0 Å². The van der Waals surface area contributed by atoms with E-state index in [1.807, 2.05) is 18.3 Å². The van der Waals surface area contributed by atoms with Crippen molar-refractivity contribution in [3.63, 3.8) is 0 Å². The highest BCUT2D eigenvalue weighted by atomic mass is 32.1. The zero-order valence-electron chi connectivity index (χ0n) is 13.9. The fourth-order valence-corrected chi connectivity index (χ4v) is 3.88. The number of carbonyl (C=O) groups is 1. The molecule has 2 N–H and O–H groups in total. The van der Waals surface area contributed by atoms with Gasteiger partial charge in [-0.1, -0.05) is 0 Å². The third-order valence-corrected chi connectivity index (χ3v) is 5.10. The number of rotatable bonds is 5. The molecule has 9 heteroatoms. The number of aromatic nitrogens is 4. The Morgan fingerprint density at radius 1 is 1.15 bits per heavy atom. The number of nitrogens with zero attached hydrogens (tertiary/aromatic N) is 4. The lowest BCUT2D eigenvalue weighted by molar-refractivity contribution is 0.0695. The average Bonchev–Trinajstić information content (AvgIpc) is 3.29. The van der Waals surface area contributed by atoms with E-state index in [0.29, 0.717) is 16.8 Å². The number of aromatic carboxylic acids is 1. The lowest BCUT2D eigenvalue weighted by Gasteiger charge is -2.09. The van der Waals surface area contributed by atoms with Crippen LogP contribution in [0.5, 0.6) is 5.75 Å². The van der Waals surface area contributed by atoms with Crippen molar-refractivity contribution >= 4 is 27.5 Å². The van der Waals surface area contributed by atoms with Crippen LogP contribution in [0.3, 0.4) is 0 Å². The van der Waals surface area contributed by atoms with Crippen molar-refractivity contribution in [2.24, 2.45) is 0 Å². The van der Waals surface area contributed by atoms with E-state index in [1.54, 1.807) is 34.7 Å². The molecule has 0 aromatic carbocycles. The molecule has 4 heterocycles. The summed E-state index contributed by atoms with van der Waals surface area (Å²) in [6, 6.07) is 5.46. The highest BCUT2D eigenvalue weighted by Crippen LogP contribution is 2.29. The molecule has 0 fully saturated rings. The van der Waals surface area contributed by atoms with Gasteiger partial charge in [0.15, 0.2) is 5.75 Å². The maximum atomic E-state index is 12.5. The first-order chi connectivity index (χ1) is 13.0. The lowest BCUT2D eigenvalue weighted by Crippen LogP contribution is -2.22. The van der Waals surface area contributed by atoms with E-state index >= 15 is 0 Å². The number of pyridine rings is 2. The van der Waals surface area contributed by atoms with Crippen molar-refractivity contribution in [2.75, 3.05) is 0 Å². The summed E-state index contributed by atoms with van der Waals surface area (Å²) >= 11 is 1.17. The van der Waals surface area contributed by atoms with E-state index in [4.69, 9.17) is 0 Å². The quantitative estimate of drug-likeness (QED) is 0.547. The molecule has 4 rings (SSSR count).